The van der Waals surface area contributed by atoms with Gasteiger partial charge in [0.2, 0.25) is 0 Å². The lowest BCUT2D eigenvalue weighted by molar-refractivity contribution is 0.0812. The molecule has 18 heavy (non-hydrogen) atoms. The Labute approximate surface area is 108 Å². The molecule has 3 rings (SSSR count). The third kappa shape index (κ3) is 2.02. The third-order valence-corrected chi connectivity index (χ3v) is 4.42. The van der Waals surface area contributed by atoms with Crippen molar-refractivity contribution in [3.8, 4) is 5.75 Å². The topological polar surface area (TPSA) is 41.5 Å². The first-order valence-electron chi connectivity index (χ1n) is 6.89. The number of nitrogens with one attached hydrogen (secondary N) is 1. The molecule has 0 radical (unpaired) electrons. The van der Waals surface area contributed by atoms with Crippen LogP contribution in [0.1, 0.15) is 42.9 Å². The average molecular weight is 247 g/mol. The standard InChI is InChI=1S/C15H21NO2/c1-18-15-7-3-5-13(15)16-12-9-8-11-10(12)4-2-6-14(11)17/h2,4,6,12-13,15-17H,3,5,7-9H2,1H3. The normalized spacial score (nSPS) is 30.6. The van der Waals surface area contributed by atoms with E-state index >= 15 is 0 Å². The van der Waals surface area contributed by atoms with E-state index in [-0.39, 0.29) is 0 Å². The van der Waals surface area contributed by atoms with Gasteiger partial charge in [0.15, 0.2) is 0 Å². The van der Waals surface area contributed by atoms with E-state index in [0.29, 0.717) is 23.9 Å². The quantitative estimate of drug-likeness (QED) is 0.862. The minimum atomic E-state index is 0.353. The van der Waals surface area contributed by atoms with Gasteiger partial charge < -0.3 is 15.2 Å². The summed E-state index contributed by atoms with van der Waals surface area (Å²) in [6.45, 7) is 0. The lowest BCUT2D eigenvalue weighted by atomic mass is 10.1. The Bertz CT molecular complexity index is 433. The van der Waals surface area contributed by atoms with Gasteiger partial charge in [-0.2, -0.15) is 0 Å². The van der Waals surface area contributed by atoms with E-state index < -0.39 is 0 Å². The summed E-state index contributed by atoms with van der Waals surface area (Å²) in [5, 5.41) is 13.6. The zero-order valence-electron chi connectivity index (χ0n) is 10.9. The molecule has 0 bridgehead atoms. The maximum atomic E-state index is 9.86. The van der Waals surface area contributed by atoms with E-state index in [4.69, 9.17) is 4.74 Å². The molecule has 0 heterocycles. The van der Waals surface area contributed by atoms with Crippen LogP contribution < -0.4 is 5.32 Å². The van der Waals surface area contributed by atoms with Crippen LogP contribution >= 0.6 is 0 Å². The summed E-state index contributed by atoms with van der Waals surface area (Å²) in [6.07, 6.45) is 6.02. The molecule has 3 heteroatoms. The van der Waals surface area contributed by atoms with Gasteiger partial charge >= 0.3 is 0 Å². The first kappa shape index (κ1) is 12.0. The molecular formula is C15H21NO2. The van der Waals surface area contributed by atoms with Crippen molar-refractivity contribution in [1.29, 1.82) is 0 Å². The average Bonchev–Trinajstić information content (AvgIpc) is 2.98. The number of ether oxygens (including phenoxy) is 1. The highest BCUT2D eigenvalue weighted by atomic mass is 16.5. The van der Waals surface area contributed by atoms with E-state index in [1.165, 1.54) is 18.4 Å². The summed E-state index contributed by atoms with van der Waals surface area (Å²) >= 11 is 0. The van der Waals surface area contributed by atoms with Gasteiger partial charge in [0.1, 0.15) is 5.75 Å². The summed E-state index contributed by atoms with van der Waals surface area (Å²) in [5.41, 5.74) is 2.40. The van der Waals surface area contributed by atoms with E-state index in [1.807, 2.05) is 6.07 Å². The third-order valence-electron chi connectivity index (χ3n) is 4.42. The van der Waals surface area contributed by atoms with Crippen molar-refractivity contribution >= 4 is 0 Å². The molecule has 0 saturated heterocycles. The number of fused-ring (bicyclic) bond motifs is 1. The molecule has 0 spiro atoms. The molecule has 0 aromatic heterocycles. The molecule has 0 amide bonds. The number of rotatable bonds is 3. The number of hydrogen-bond acceptors (Lipinski definition) is 3. The van der Waals surface area contributed by atoms with Crippen LogP contribution in [0.4, 0.5) is 0 Å². The second-order valence-electron chi connectivity index (χ2n) is 5.41. The van der Waals surface area contributed by atoms with Crippen LogP contribution in [0, 0.1) is 0 Å². The number of hydrogen-bond donors (Lipinski definition) is 2. The van der Waals surface area contributed by atoms with Crippen LogP contribution in [0.2, 0.25) is 0 Å². The second-order valence-corrected chi connectivity index (χ2v) is 5.41. The fourth-order valence-electron chi connectivity index (χ4n) is 3.47. The summed E-state index contributed by atoms with van der Waals surface area (Å²) < 4.78 is 5.53. The van der Waals surface area contributed by atoms with Gasteiger partial charge in [0.05, 0.1) is 6.10 Å². The Morgan fingerprint density at radius 3 is 3.00 bits per heavy atom. The van der Waals surface area contributed by atoms with Crippen molar-refractivity contribution < 1.29 is 9.84 Å². The first-order valence-corrected chi connectivity index (χ1v) is 6.89. The molecule has 2 N–H and O–H groups in total. The molecule has 3 nitrogen and oxygen atoms in total. The van der Waals surface area contributed by atoms with Gasteiger partial charge in [-0.25, -0.2) is 0 Å². The van der Waals surface area contributed by atoms with Crippen LogP contribution in [0.3, 0.4) is 0 Å². The SMILES string of the molecule is COC1CCCC1NC1CCc2c(O)cccc21. The van der Waals surface area contributed by atoms with Gasteiger partial charge in [-0.05, 0) is 49.3 Å². The van der Waals surface area contributed by atoms with Crippen molar-refractivity contribution in [2.24, 2.45) is 0 Å². The minimum Gasteiger partial charge on any atom is -0.508 e. The molecule has 2 aliphatic carbocycles. The lowest BCUT2D eigenvalue weighted by Gasteiger charge is -2.24. The van der Waals surface area contributed by atoms with E-state index in [9.17, 15) is 5.11 Å². The Morgan fingerprint density at radius 2 is 2.17 bits per heavy atom. The van der Waals surface area contributed by atoms with Gasteiger partial charge in [0.25, 0.3) is 0 Å². The van der Waals surface area contributed by atoms with Gasteiger partial charge in [-0.1, -0.05) is 12.1 Å². The molecule has 1 aromatic carbocycles. The summed E-state index contributed by atoms with van der Waals surface area (Å²) in [7, 11) is 1.80. The molecular weight excluding hydrogens is 226 g/mol. The van der Waals surface area contributed by atoms with Crippen molar-refractivity contribution in [3.05, 3.63) is 29.3 Å². The Hall–Kier alpha value is -1.06. The zero-order chi connectivity index (χ0) is 12.5. The Morgan fingerprint density at radius 1 is 1.28 bits per heavy atom. The maximum Gasteiger partial charge on any atom is 0.119 e. The fraction of sp³-hybridized carbons (Fsp3) is 0.600. The predicted octanol–water partition coefficient (Wildman–Crippen LogP) is 2.54. The van der Waals surface area contributed by atoms with Crippen LogP contribution in [0.15, 0.2) is 18.2 Å². The van der Waals surface area contributed by atoms with Crippen LogP contribution in [0.25, 0.3) is 0 Å². The van der Waals surface area contributed by atoms with Crippen molar-refractivity contribution in [3.63, 3.8) is 0 Å². The molecule has 98 valence electrons. The largest absolute Gasteiger partial charge is 0.508 e. The zero-order valence-corrected chi connectivity index (χ0v) is 10.9. The van der Waals surface area contributed by atoms with E-state index in [2.05, 4.69) is 11.4 Å². The number of phenols is 1. The molecule has 1 saturated carbocycles. The smallest absolute Gasteiger partial charge is 0.119 e. The molecule has 1 fully saturated rings. The minimum absolute atomic E-state index is 0.353. The molecule has 0 aliphatic heterocycles. The number of aromatic hydroxyl groups is 1. The van der Waals surface area contributed by atoms with Gasteiger partial charge in [-0.15, -0.1) is 0 Å². The summed E-state index contributed by atoms with van der Waals surface area (Å²) in [5.74, 6) is 0.450. The molecule has 3 atom stereocenters. The van der Waals surface area contributed by atoms with Crippen LogP contribution in [-0.2, 0) is 11.2 Å². The highest BCUT2D eigenvalue weighted by Crippen LogP contribution is 2.37. The molecule has 2 aliphatic rings. The van der Waals surface area contributed by atoms with E-state index in [0.717, 1.165) is 24.8 Å². The van der Waals surface area contributed by atoms with Crippen molar-refractivity contribution in [1.82, 2.24) is 5.32 Å². The molecule has 3 unspecified atom stereocenters. The van der Waals surface area contributed by atoms with Crippen LogP contribution in [0.5, 0.6) is 5.75 Å². The van der Waals surface area contributed by atoms with E-state index in [1.54, 1.807) is 13.2 Å². The van der Waals surface area contributed by atoms with Crippen molar-refractivity contribution in [2.45, 2.75) is 50.3 Å². The number of phenolic OH excluding ortho intramolecular Hbond substituents is 1. The number of methoxy groups -OCH3 is 1. The highest BCUT2D eigenvalue weighted by Gasteiger charge is 2.32. The monoisotopic (exact) mass is 247 g/mol. The Balaban J connectivity index is 1.75. The summed E-state index contributed by atoms with van der Waals surface area (Å²) in [6, 6.07) is 6.71. The van der Waals surface area contributed by atoms with Crippen molar-refractivity contribution in [2.75, 3.05) is 7.11 Å². The van der Waals surface area contributed by atoms with Gasteiger partial charge in [0, 0.05) is 19.2 Å². The lowest BCUT2D eigenvalue weighted by Crippen LogP contribution is -2.38. The fourth-order valence-corrected chi connectivity index (χ4v) is 3.47. The molecule has 1 aromatic rings. The second kappa shape index (κ2) is 4.90. The maximum absolute atomic E-state index is 9.86. The first-order chi connectivity index (χ1) is 8.79. The Kier molecular flexibility index (Phi) is 3.27. The summed E-state index contributed by atoms with van der Waals surface area (Å²) in [4.78, 5) is 0. The van der Waals surface area contributed by atoms with Gasteiger partial charge in [-0.3, -0.25) is 0 Å². The highest BCUT2D eigenvalue weighted by molar-refractivity contribution is 5.44. The van der Waals surface area contributed by atoms with Crippen LogP contribution in [-0.4, -0.2) is 24.4 Å². The number of benzene rings is 1. The predicted molar refractivity (Wildman–Crippen MR) is 70.7 cm³/mol.